The average molecular weight is 257 g/mol. The van der Waals surface area contributed by atoms with Gasteiger partial charge in [-0.15, -0.1) is 0 Å². The molecule has 0 unspecified atom stereocenters. The summed E-state index contributed by atoms with van der Waals surface area (Å²) in [7, 11) is -1.71. The van der Waals surface area contributed by atoms with E-state index < -0.39 is 14.8 Å². The van der Waals surface area contributed by atoms with Gasteiger partial charge in [0, 0.05) is 19.2 Å². The molecular formula is C11H19N3O2S. The van der Waals surface area contributed by atoms with Gasteiger partial charge < -0.3 is 0 Å². The largest absolute Gasteiger partial charge is 0.272 e. The van der Waals surface area contributed by atoms with Crippen LogP contribution in [0.3, 0.4) is 0 Å². The molecule has 96 valence electrons. The number of primary sulfonamides is 1. The van der Waals surface area contributed by atoms with E-state index in [0.717, 1.165) is 5.69 Å². The van der Waals surface area contributed by atoms with Crippen molar-refractivity contribution in [2.24, 2.45) is 12.2 Å². The van der Waals surface area contributed by atoms with Crippen LogP contribution in [0.25, 0.3) is 0 Å². The maximum Gasteiger partial charge on any atom is 0.214 e. The third-order valence-corrected chi connectivity index (χ3v) is 5.16. The van der Waals surface area contributed by atoms with Crippen LogP contribution in [0.2, 0.25) is 0 Å². The fraction of sp³-hybridized carbons (Fsp3) is 0.727. The molecule has 0 spiro atoms. The van der Waals surface area contributed by atoms with Gasteiger partial charge in [0.25, 0.3) is 0 Å². The Kier molecular flexibility index (Phi) is 2.82. The number of hydrogen-bond donors (Lipinski definition) is 1. The molecule has 1 saturated carbocycles. The fourth-order valence-electron chi connectivity index (χ4n) is 1.94. The Balaban J connectivity index is 2.32. The predicted octanol–water partition coefficient (Wildman–Crippen LogP) is 0.907. The Hall–Kier alpha value is -0.880. The van der Waals surface area contributed by atoms with Crippen molar-refractivity contribution in [3.8, 4) is 0 Å². The van der Waals surface area contributed by atoms with E-state index in [1.807, 2.05) is 13.2 Å². The zero-order valence-corrected chi connectivity index (χ0v) is 11.3. The maximum absolute atomic E-state index is 11.5. The van der Waals surface area contributed by atoms with Gasteiger partial charge in [-0.05, 0) is 38.2 Å². The van der Waals surface area contributed by atoms with Crippen LogP contribution in [0.15, 0.2) is 6.20 Å². The first-order valence-electron chi connectivity index (χ1n) is 5.75. The van der Waals surface area contributed by atoms with Crippen molar-refractivity contribution in [3.63, 3.8) is 0 Å². The summed E-state index contributed by atoms with van der Waals surface area (Å²) in [5, 5.41) is 9.49. The third kappa shape index (κ3) is 2.37. The second-order valence-corrected chi connectivity index (χ2v) is 7.62. The van der Waals surface area contributed by atoms with Crippen molar-refractivity contribution in [1.82, 2.24) is 9.78 Å². The highest BCUT2D eigenvalue weighted by Gasteiger charge is 2.36. The number of nitrogens with zero attached hydrogens (tertiary/aromatic N) is 2. The maximum atomic E-state index is 11.5. The molecule has 0 atom stereocenters. The molecular weight excluding hydrogens is 238 g/mol. The molecule has 0 amide bonds. The predicted molar refractivity (Wildman–Crippen MR) is 66.1 cm³/mol. The van der Waals surface area contributed by atoms with E-state index in [1.54, 1.807) is 18.5 Å². The number of aryl methyl sites for hydroxylation is 1. The van der Waals surface area contributed by atoms with Gasteiger partial charge in [0.1, 0.15) is 0 Å². The minimum atomic E-state index is -3.56. The van der Waals surface area contributed by atoms with Crippen LogP contribution in [-0.4, -0.2) is 22.9 Å². The Labute approximate surface area is 102 Å². The number of hydrogen-bond acceptors (Lipinski definition) is 3. The molecule has 0 aliphatic heterocycles. The fourth-order valence-corrected chi connectivity index (χ4v) is 2.27. The first-order valence-corrected chi connectivity index (χ1v) is 7.30. The SMILES string of the molecule is Cn1ncc(C2CC2)c1CC(C)(C)S(N)(=O)=O. The van der Waals surface area contributed by atoms with Crippen LogP contribution >= 0.6 is 0 Å². The Morgan fingerprint density at radius 1 is 1.53 bits per heavy atom. The number of rotatable bonds is 4. The van der Waals surface area contributed by atoms with Crippen molar-refractivity contribution >= 4 is 10.0 Å². The van der Waals surface area contributed by atoms with E-state index in [-0.39, 0.29) is 0 Å². The normalized spacial score (nSPS) is 17.4. The van der Waals surface area contributed by atoms with Gasteiger partial charge in [0.15, 0.2) is 0 Å². The van der Waals surface area contributed by atoms with Crippen molar-refractivity contribution < 1.29 is 8.42 Å². The molecule has 1 aromatic heterocycles. The molecule has 2 rings (SSSR count). The van der Waals surface area contributed by atoms with Crippen LogP contribution in [0.4, 0.5) is 0 Å². The van der Waals surface area contributed by atoms with Crippen LogP contribution in [0.5, 0.6) is 0 Å². The average Bonchev–Trinajstić information content (AvgIpc) is 2.93. The Bertz CT molecular complexity index is 527. The molecule has 1 aliphatic carbocycles. The van der Waals surface area contributed by atoms with Crippen molar-refractivity contribution in [3.05, 3.63) is 17.5 Å². The second kappa shape index (κ2) is 3.81. The van der Waals surface area contributed by atoms with Gasteiger partial charge in [-0.1, -0.05) is 0 Å². The zero-order chi connectivity index (χ0) is 12.8. The van der Waals surface area contributed by atoms with Gasteiger partial charge in [0.05, 0.1) is 10.9 Å². The smallest absolute Gasteiger partial charge is 0.214 e. The van der Waals surface area contributed by atoms with E-state index in [1.165, 1.54) is 18.4 Å². The third-order valence-electron chi connectivity index (χ3n) is 3.47. The highest BCUT2D eigenvalue weighted by molar-refractivity contribution is 7.90. The summed E-state index contributed by atoms with van der Waals surface area (Å²) in [5.41, 5.74) is 2.18. The Morgan fingerprint density at radius 3 is 2.59 bits per heavy atom. The molecule has 0 saturated heterocycles. The number of aromatic nitrogens is 2. The van der Waals surface area contributed by atoms with E-state index >= 15 is 0 Å². The van der Waals surface area contributed by atoms with Gasteiger partial charge in [0.2, 0.25) is 10.0 Å². The summed E-state index contributed by atoms with van der Waals surface area (Å²) >= 11 is 0. The van der Waals surface area contributed by atoms with Gasteiger partial charge in [-0.3, -0.25) is 4.68 Å². The standard InChI is InChI=1S/C11H19N3O2S/c1-11(2,17(12,15)16)6-10-9(8-4-5-8)7-13-14(10)3/h7-8H,4-6H2,1-3H3,(H2,12,15,16). The molecule has 2 N–H and O–H groups in total. The minimum absolute atomic E-state index is 0.411. The van der Waals surface area contributed by atoms with Crippen molar-refractivity contribution in [2.45, 2.75) is 43.8 Å². The lowest BCUT2D eigenvalue weighted by atomic mass is 10.0. The highest BCUT2D eigenvalue weighted by atomic mass is 32.2. The molecule has 1 aromatic rings. The molecule has 5 nitrogen and oxygen atoms in total. The van der Waals surface area contributed by atoms with Gasteiger partial charge >= 0.3 is 0 Å². The van der Waals surface area contributed by atoms with E-state index in [0.29, 0.717) is 12.3 Å². The summed E-state index contributed by atoms with van der Waals surface area (Å²) in [6.07, 6.45) is 4.61. The van der Waals surface area contributed by atoms with Crippen molar-refractivity contribution in [2.75, 3.05) is 0 Å². The first-order chi connectivity index (χ1) is 7.72. The summed E-state index contributed by atoms with van der Waals surface area (Å²) in [6.45, 7) is 3.32. The summed E-state index contributed by atoms with van der Waals surface area (Å²) < 4.78 is 23.9. The van der Waals surface area contributed by atoms with E-state index in [2.05, 4.69) is 5.10 Å². The molecule has 1 heterocycles. The Morgan fingerprint density at radius 2 is 2.12 bits per heavy atom. The summed E-state index contributed by atoms with van der Waals surface area (Å²) in [5.74, 6) is 0.565. The van der Waals surface area contributed by atoms with Crippen LogP contribution in [0.1, 0.15) is 43.9 Å². The lowest BCUT2D eigenvalue weighted by Gasteiger charge is -2.22. The number of sulfonamides is 1. The highest BCUT2D eigenvalue weighted by Crippen LogP contribution is 2.42. The molecule has 17 heavy (non-hydrogen) atoms. The molecule has 0 aromatic carbocycles. The summed E-state index contributed by atoms with van der Waals surface area (Å²) in [4.78, 5) is 0. The molecule has 0 radical (unpaired) electrons. The molecule has 6 heteroatoms. The van der Waals surface area contributed by atoms with Crippen molar-refractivity contribution in [1.29, 1.82) is 0 Å². The molecule has 1 fully saturated rings. The van der Waals surface area contributed by atoms with E-state index in [9.17, 15) is 8.42 Å². The van der Waals surface area contributed by atoms with Crippen LogP contribution in [-0.2, 0) is 23.5 Å². The van der Waals surface area contributed by atoms with Gasteiger partial charge in [-0.25, -0.2) is 13.6 Å². The summed E-state index contributed by atoms with van der Waals surface area (Å²) in [6, 6.07) is 0. The quantitative estimate of drug-likeness (QED) is 0.870. The van der Waals surface area contributed by atoms with Gasteiger partial charge in [-0.2, -0.15) is 5.10 Å². The second-order valence-electron chi connectivity index (χ2n) is 5.43. The monoisotopic (exact) mass is 257 g/mol. The molecule has 1 aliphatic rings. The lowest BCUT2D eigenvalue weighted by Crippen LogP contribution is -2.40. The zero-order valence-electron chi connectivity index (χ0n) is 10.5. The van der Waals surface area contributed by atoms with Crippen LogP contribution in [0, 0.1) is 0 Å². The topological polar surface area (TPSA) is 78.0 Å². The van der Waals surface area contributed by atoms with Crippen LogP contribution < -0.4 is 5.14 Å². The minimum Gasteiger partial charge on any atom is -0.272 e. The molecule has 0 bridgehead atoms. The number of nitrogens with two attached hydrogens (primary N) is 1. The first kappa shape index (κ1) is 12.6. The lowest BCUT2D eigenvalue weighted by molar-refractivity contribution is 0.534. The van der Waals surface area contributed by atoms with E-state index in [4.69, 9.17) is 5.14 Å².